The number of amides is 1. The molecule has 2 N–H and O–H groups in total. The van der Waals surface area contributed by atoms with Crippen LogP contribution < -0.4 is 15.4 Å². The summed E-state index contributed by atoms with van der Waals surface area (Å²) in [4.78, 5) is 24.0. The molecule has 0 saturated carbocycles. The number of anilines is 2. The molecule has 1 atom stereocenters. The lowest BCUT2D eigenvalue weighted by molar-refractivity contribution is -0.118. The number of aromatic nitrogens is 2. The summed E-state index contributed by atoms with van der Waals surface area (Å²) < 4.78 is 6.04. The summed E-state index contributed by atoms with van der Waals surface area (Å²) in [6.45, 7) is 4.59. The highest BCUT2D eigenvalue weighted by Gasteiger charge is 2.22. The highest BCUT2D eigenvalue weighted by Crippen LogP contribution is 2.33. The van der Waals surface area contributed by atoms with Crippen molar-refractivity contribution in [3.63, 3.8) is 0 Å². The second-order valence-corrected chi connectivity index (χ2v) is 7.64. The van der Waals surface area contributed by atoms with E-state index in [9.17, 15) is 9.59 Å². The van der Waals surface area contributed by atoms with Crippen LogP contribution in [-0.2, 0) is 4.79 Å². The maximum atomic E-state index is 12.6. The fraction of sp³-hybridized carbons (Fsp3) is 0.333. The predicted molar refractivity (Wildman–Crippen MR) is 94.3 cm³/mol. The van der Waals surface area contributed by atoms with E-state index in [2.05, 4.69) is 20.8 Å². The number of thioether (sulfide) groups is 1. The van der Waals surface area contributed by atoms with E-state index in [4.69, 9.17) is 4.74 Å². The first-order chi connectivity index (χ1) is 11.6. The number of Topliss-reactive ketones (excluding diaryl/α,β-unsaturated/α-hetero) is 1. The van der Waals surface area contributed by atoms with Crippen molar-refractivity contribution in [1.82, 2.24) is 10.2 Å². The van der Waals surface area contributed by atoms with Gasteiger partial charge in [-0.1, -0.05) is 23.1 Å². The third-order valence-electron chi connectivity index (χ3n) is 3.28. The van der Waals surface area contributed by atoms with Gasteiger partial charge in [0.15, 0.2) is 16.7 Å². The number of fused-ring (bicyclic) bond motifs is 1. The average molecular weight is 364 g/mol. The molecule has 2 aromatic rings. The largest absolute Gasteiger partial charge is 0.482 e. The fourth-order valence-corrected chi connectivity index (χ4v) is 4.20. The van der Waals surface area contributed by atoms with Gasteiger partial charge in [0.1, 0.15) is 5.75 Å². The molecule has 126 valence electrons. The zero-order chi connectivity index (χ0) is 17.1. The zero-order valence-electron chi connectivity index (χ0n) is 13.2. The maximum Gasteiger partial charge on any atom is 0.262 e. The number of nitrogens with one attached hydrogen (secondary N) is 2. The van der Waals surface area contributed by atoms with E-state index in [1.165, 1.54) is 23.1 Å². The van der Waals surface area contributed by atoms with Gasteiger partial charge in [-0.3, -0.25) is 9.59 Å². The number of nitrogens with zero attached hydrogens (tertiary/aromatic N) is 2. The normalized spacial score (nSPS) is 14.3. The summed E-state index contributed by atoms with van der Waals surface area (Å²) in [5.41, 5.74) is 1.05. The third kappa shape index (κ3) is 3.68. The summed E-state index contributed by atoms with van der Waals surface area (Å²) in [5, 5.41) is 14.3. The molecule has 1 aromatic heterocycles. The molecule has 0 saturated heterocycles. The molecule has 1 aliphatic heterocycles. The van der Waals surface area contributed by atoms with E-state index >= 15 is 0 Å². The number of carbonyl (C=O) groups excluding carboxylic acids is 2. The van der Waals surface area contributed by atoms with E-state index < -0.39 is 0 Å². The van der Waals surface area contributed by atoms with Crippen molar-refractivity contribution >= 4 is 45.6 Å². The number of carbonyl (C=O) groups is 2. The topological polar surface area (TPSA) is 93.2 Å². The zero-order valence-corrected chi connectivity index (χ0v) is 14.8. The highest BCUT2D eigenvalue weighted by atomic mass is 32.2. The molecule has 24 heavy (non-hydrogen) atoms. The first-order valence-electron chi connectivity index (χ1n) is 7.41. The minimum Gasteiger partial charge on any atom is -0.482 e. The van der Waals surface area contributed by atoms with E-state index in [0.717, 1.165) is 16.0 Å². The standard InChI is InChI=1S/C15H16N4O3S2/c1-3-16-14-18-19-15(24-14)23-8(2)13(21)9-4-5-11-10(6-9)17-12(20)7-22-11/h4-6,8H,3,7H2,1-2H3,(H,16,18)(H,17,20)/t8-/m0/s1. The van der Waals surface area contributed by atoms with Gasteiger partial charge >= 0.3 is 0 Å². The Morgan fingerprint density at radius 1 is 1.50 bits per heavy atom. The minimum absolute atomic E-state index is 0.00226. The van der Waals surface area contributed by atoms with Crippen molar-refractivity contribution in [2.45, 2.75) is 23.4 Å². The number of ketones is 1. The lowest BCUT2D eigenvalue weighted by atomic mass is 10.1. The molecule has 2 heterocycles. The molecule has 7 nitrogen and oxygen atoms in total. The predicted octanol–water partition coefficient (Wildman–Crippen LogP) is 2.66. The minimum atomic E-state index is -0.314. The highest BCUT2D eigenvalue weighted by molar-refractivity contribution is 8.02. The third-order valence-corrected chi connectivity index (χ3v) is 5.34. The molecular weight excluding hydrogens is 348 g/mol. The molecule has 3 rings (SSSR count). The van der Waals surface area contributed by atoms with E-state index in [1.54, 1.807) is 18.2 Å². The SMILES string of the molecule is CCNc1nnc(S[C@@H](C)C(=O)c2ccc3c(c2)NC(=O)CO3)s1. The summed E-state index contributed by atoms with van der Waals surface area (Å²) in [6, 6.07) is 5.06. The van der Waals surface area contributed by atoms with Crippen molar-refractivity contribution in [2.75, 3.05) is 23.8 Å². The Morgan fingerprint density at radius 3 is 3.12 bits per heavy atom. The molecule has 0 spiro atoms. The van der Waals surface area contributed by atoms with Crippen molar-refractivity contribution in [2.24, 2.45) is 0 Å². The first-order valence-corrected chi connectivity index (χ1v) is 9.11. The monoisotopic (exact) mass is 364 g/mol. The Balaban J connectivity index is 1.71. The van der Waals surface area contributed by atoms with Crippen LogP contribution >= 0.6 is 23.1 Å². The van der Waals surface area contributed by atoms with Crippen molar-refractivity contribution in [1.29, 1.82) is 0 Å². The summed E-state index contributed by atoms with van der Waals surface area (Å²) in [5.74, 6) is 0.313. The molecule has 0 radical (unpaired) electrons. The molecule has 1 aromatic carbocycles. The summed E-state index contributed by atoms with van der Waals surface area (Å²) >= 11 is 2.79. The van der Waals surface area contributed by atoms with Gasteiger partial charge in [0, 0.05) is 12.1 Å². The molecule has 0 aliphatic carbocycles. The van der Waals surface area contributed by atoms with Crippen LogP contribution in [0.25, 0.3) is 0 Å². The van der Waals surface area contributed by atoms with Crippen molar-refractivity contribution < 1.29 is 14.3 Å². The molecule has 9 heteroatoms. The molecule has 0 bridgehead atoms. The van der Waals surface area contributed by atoms with Gasteiger partial charge < -0.3 is 15.4 Å². The number of hydrogen-bond acceptors (Lipinski definition) is 8. The number of hydrogen-bond donors (Lipinski definition) is 2. The summed E-state index contributed by atoms with van der Waals surface area (Å²) in [7, 11) is 0. The first kappa shape index (κ1) is 16.7. The molecular formula is C15H16N4O3S2. The van der Waals surface area contributed by atoms with Crippen LogP contribution in [0.2, 0.25) is 0 Å². The van der Waals surface area contributed by atoms with Crippen LogP contribution in [0, 0.1) is 0 Å². The Hall–Kier alpha value is -2.13. The Bertz CT molecular complexity index is 778. The van der Waals surface area contributed by atoms with Crippen molar-refractivity contribution in [3.05, 3.63) is 23.8 Å². The Morgan fingerprint density at radius 2 is 2.33 bits per heavy atom. The van der Waals surface area contributed by atoms with Gasteiger partial charge in [-0.05, 0) is 32.0 Å². The second kappa shape index (κ2) is 7.18. The van der Waals surface area contributed by atoms with Crippen LogP contribution in [-0.4, -0.2) is 40.3 Å². The van der Waals surface area contributed by atoms with Crippen LogP contribution in [0.3, 0.4) is 0 Å². The van der Waals surface area contributed by atoms with Crippen LogP contribution in [0.1, 0.15) is 24.2 Å². The Labute approximate surface area is 147 Å². The van der Waals surface area contributed by atoms with Gasteiger partial charge in [-0.15, -0.1) is 10.2 Å². The van der Waals surface area contributed by atoms with Gasteiger partial charge in [0.05, 0.1) is 10.9 Å². The van der Waals surface area contributed by atoms with Gasteiger partial charge in [-0.25, -0.2) is 0 Å². The van der Waals surface area contributed by atoms with Crippen LogP contribution in [0.4, 0.5) is 10.8 Å². The maximum absolute atomic E-state index is 12.6. The van der Waals surface area contributed by atoms with Gasteiger partial charge in [0.25, 0.3) is 5.91 Å². The van der Waals surface area contributed by atoms with Gasteiger partial charge in [-0.2, -0.15) is 0 Å². The molecule has 0 fully saturated rings. The lowest BCUT2D eigenvalue weighted by Gasteiger charge is -2.18. The molecule has 0 unspecified atom stereocenters. The van der Waals surface area contributed by atoms with E-state index in [-0.39, 0.29) is 23.5 Å². The smallest absolute Gasteiger partial charge is 0.262 e. The second-order valence-electron chi connectivity index (χ2n) is 5.08. The summed E-state index contributed by atoms with van der Waals surface area (Å²) in [6.07, 6.45) is 0. The van der Waals surface area contributed by atoms with E-state index in [0.29, 0.717) is 17.0 Å². The van der Waals surface area contributed by atoms with E-state index in [1.807, 2.05) is 13.8 Å². The Kier molecular flexibility index (Phi) is 5.00. The molecule has 1 amide bonds. The van der Waals surface area contributed by atoms with Gasteiger partial charge in [0.2, 0.25) is 5.13 Å². The number of ether oxygens (including phenoxy) is 1. The average Bonchev–Trinajstić information content (AvgIpc) is 3.00. The lowest BCUT2D eigenvalue weighted by Crippen LogP contribution is -2.25. The fourth-order valence-electron chi connectivity index (χ4n) is 2.16. The van der Waals surface area contributed by atoms with Crippen LogP contribution in [0.15, 0.2) is 22.5 Å². The number of benzene rings is 1. The quantitative estimate of drug-likeness (QED) is 0.601. The van der Waals surface area contributed by atoms with Crippen LogP contribution in [0.5, 0.6) is 5.75 Å². The molecule has 1 aliphatic rings. The van der Waals surface area contributed by atoms with Crippen molar-refractivity contribution in [3.8, 4) is 5.75 Å². The number of rotatable bonds is 6.